The SMILES string of the molecule is C=C1/C=C\C/C=C\CSC(CN2CCN3CCC3(C)C2C)=N1. The number of piperazine rings is 1. The van der Waals surface area contributed by atoms with E-state index < -0.39 is 0 Å². The van der Waals surface area contributed by atoms with Gasteiger partial charge in [0.25, 0.3) is 0 Å². The zero-order valence-electron chi connectivity index (χ0n) is 13.8. The number of allylic oxidation sites excluding steroid dienone is 3. The Kier molecular flexibility index (Phi) is 4.91. The molecule has 3 rings (SSSR count). The van der Waals surface area contributed by atoms with Crippen LogP contribution >= 0.6 is 11.8 Å². The van der Waals surface area contributed by atoms with Gasteiger partial charge in [0.05, 0.1) is 10.7 Å². The van der Waals surface area contributed by atoms with Gasteiger partial charge in [0, 0.05) is 43.5 Å². The lowest BCUT2D eigenvalue weighted by molar-refractivity contribution is -0.0978. The van der Waals surface area contributed by atoms with Gasteiger partial charge in [-0.3, -0.25) is 9.80 Å². The van der Waals surface area contributed by atoms with Gasteiger partial charge in [-0.25, -0.2) is 4.99 Å². The summed E-state index contributed by atoms with van der Waals surface area (Å²) in [4.78, 5) is 10.0. The summed E-state index contributed by atoms with van der Waals surface area (Å²) < 4.78 is 0. The minimum absolute atomic E-state index is 0.371. The average molecular weight is 318 g/mol. The topological polar surface area (TPSA) is 18.8 Å². The number of fused-ring (bicyclic) bond motifs is 1. The first-order chi connectivity index (χ1) is 10.6. The third-order valence-corrected chi connectivity index (χ3v) is 6.33. The van der Waals surface area contributed by atoms with Crippen molar-refractivity contribution in [2.24, 2.45) is 4.99 Å². The van der Waals surface area contributed by atoms with E-state index in [2.05, 4.69) is 48.5 Å². The summed E-state index contributed by atoms with van der Waals surface area (Å²) in [5.41, 5.74) is 1.25. The molecule has 0 N–H and O–H groups in total. The molecule has 2 fully saturated rings. The van der Waals surface area contributed by atoms with Crippen molar-refractivity contribution in [1.29, 1.82) is 0 Å². The molecule has 0 aromatic rings. The fourth-order valence-corrected chi connectivity index (χ4v) is 4.45. The quantitative estimate of drug-likeness (QED) is 0.728. The van der Waals surface area contributed by atoms with Crippen LogP contribution in [0.2, 0.25) is 0 Å². The van der Waals surface area contributed by atoms with Crippen molar-refractivity contribution in [2.45, 2.75) is 38.3 Å². The van der Waals surface area contributed by atoms with E-state index in [1.165, 1.54) is 24.6 Å². The van der Waals surface area contributed by atoms with Crippen molar-refractivity contribution in [3.63, 3.8) is 0 Å². The molecule has 0 aliphatic carbocycles. The Labute approximate surface area is 138 Å². The largest absolute Gasteiger partial charge is 0.295 e. The van der Waals surface area contributed by atoms with Gasteiger partial charge in [0.2, 0.25) is 0 Å². The lowest BCUT2D eigenvalue weighted by Crippen LogP contribution is -2.72. The molecule has 3 aliphatic heterocycles. The molecule has 0 aromatic carbocycles. The van der Waals surface area contributed by atoms with Crippen LogP contribution in [0.5, 0.6) is 0 Å². The first-order valence-corrected chi connectivity index (χ1v) is 9.28. The number of thioether (sulfide) groups is 1. The van der Waals surface area contributed by atoms with Gasteiger partial charge >= 0.3 is 0 Å². The van der Waals surface area contributed by atoms with Crippen LogP contribution in [0.1, 0.15) is 26.7 Å². The highest BCUT2D eigenvalue weighted by Gasteiger charge is 2.49. The van der Waals surface area contributed by atoms with Gasteiger partial charge < -0.3 is 0 Å². The third kappa shape index (κ3) is 3.24. The second-order valence-electron chi connectivity index (χ2n) is 6.66. The smallest absolute Gasteiger partial charge is 0.0882 e. The zero-order chi connectivity index (χ0) is 15.6. The molecule has 22 heavy (non-hydrogen) atoms. The Bertz CT molecular complexity index is 522. The van der Waals surface area contributed by atoms with Gasteiger partial charge in [-0.2, -0.15) is 0 Å². The van der Waals surface area contributed by atoms with E-state index in [9.17, 15) is 0 Å². The summed E-state index contributed by atoms with van der Waals surface area (Å²) in [7, 11) is 0. The summed E-state index contributed by atoms with van der Waals surface area (Å²) >= 11 is 1.85. The zero-order valence-corrected chi connectivity index (χ0v) is 14.6. The van der Waals surface area contributed by atoms with E-state index in [4.69, 9.17) is 4.99 Å². The first kappa shape index (κ1) is 16.0. The Morgan fingerprint density at radius 2 is 2.18 bits per heavy atom. The van der Waals surface area contributed by atoms with Crippen molar-refractivity contribution in [1.82, 2.24) is 9.80 Å². The van der Waals surface area contributed by atoms with E-state index in [-0.39, 0.29) is 0 Å². The molecule has 4 heteroatoms. The van der Waals surface area contributed by atoms with Crippen LogP contribution in [0.4, 0.5) is 0 Å². The van der Waals surface area contributed by atoms with Crippen molar-refractivity contribution >= 4 is 16.8 Å². The molecule has 2 atom stereocenters. The number of rotatable bonds is 2. The second kappa shape index (κ2) is 6.73. The summed E-state index contributed by atoms with van der Waals surface area (Å²) in [6.45, 7) is 13.4. The highest BCUT2D eigenvalue weighted by Crippen LogP contribution is 2.38. The summed E-state index contributed by atoms with van der Waals surface area (Å²) in [6.07, 6.45) is 10.9. The van der Waals surface area contributed by atoms with Crippen molar-refractivity contribution in [2.75, 3.05) is 31.9 Å². The van der Waals surface area contributed by atoms with Crippen LogP contribution in [0.3, 0.4) is 0 Å². The van der Waals surface area contributed by atoms with Crippen LogP contribution in [0.25, 0.3) is 0 Å². The van der Waals surface area contributed by atoms with Crippen LogP contribution in [-0.4, -0.2) is 58.4 Å². The fraction of sp³-hybridized carbons (Fsp3) is 0.611. The van der Waals surface area contributed by atoms with Crippen LogP contribution in [-0.2, 0) is 0 Å². The minimum Gasteiger partial charge on any atom is -0.295 e. The number of hydrogen-bond acceptors (Lipinski definition) is 4. The summed E-state index contributed by atoms with van der Waals surface area (Å²) in [6, 6.07) is 0.591. The van der Waals surface area contributed by atoms with Gasteiger partial charge in [0.15, 0.2) is 0 Å². The lowest BCUT2D eigenvalue weighted by atomic mass is 9.78. The Morgan fingerprint density at radius 3 is 2.95 bits per heavy atom. The predicted octanol–water partition coefficient (Wildman–Crippen LogP) is 3.32. The van der Waals surface area contributed by atoms with Gasteiger partial charge in [0.1, 0.15) is 0 Å². The average Bonchev–Trinajstić information content (AvgIpc) is 2.49. The molecule has 3 heterocycles. The molecule has 0 saturated carbocycles. The minimum atomic E-state index is 0.371. The lowest BCUT2D eigenvalue weighted by Gasteiger charge is -2.60. The molecular weight excluding hydrogens is 290 g/mol. The van der Waals surface area contributed by atoms with E-state index in [1.807, 2.05) is 17.8 Å². The molecule has 0 spiro atoms. The normalized spacial score (nSPS) is 36.9. The summed E-state index contributed by atoms with van der Waals surface area (Å²) in [5, 5.41) is 1.20. The number of hydrogen-bond donors (Lipinski definition) is 0. The molecule has 0 radical (unpaired) electrons. The van der Waals surface area contributed by atoms with E-state index in [1.54, 1.807) is 0 Å². The molecule has 0 bridgehead atoms. The monoisotopic (exact) mass is 317 g/mol. The molecule has 2 saturated heterocycles. The standard InChI is InChI=1S/C18H27N3S/c1-15-8-6-4-5-7-13-22-17(19-15)14-20-11-12-21-10-9-18(21,3)16(20)2/h5-8,16H,1,4,9-14H2,2-3H3/b7-5-,8-6-,19-17?. The molecule has 2 unspecified atom stereocenters. The molecule has 3 aliphatic rings. The molecule has 0 amide bonds. The number of aliphatic imine (C=N–C) groups is 1. The predicted molar refractivity (Wildman–Crippen MR) is 97.6 cm³/mol. The van der Waals surface area contributed by atoms with E-state index >= 15 is 0 Å². The van der Waals surface area contributed by atoms with Crippen molar-refractivity contribution < 1.29 is 0 Å². The third-order valence-electron chi connectivity index (χ3n) is 5.42. The number of nitrogens with zero attached hydrogens (tertiary/aromatic N) is 3. The Morgan fingerprint density at radius 1 is 1.32 bits per heavy atom. The molecule has 120 valence electrons. The van der Waals surface area contributed by atoms with E-state index in [0.717, 1.165) is 31.0 Å². The van der Waals surface area contributed by atoms with E-state index in [0.29, 0.717) is 11.6 Å². The first-order valence-electron chi connectivity index (χ1n) is 8.29. The molecule has 0 aromatic heterocycles. The maximum atomic E-state index is 4.76. The maximum absolute atomic E-state index is 4.76. The second-order valence-corrected chi connectivity index (χ2v) is 7.75. The fourth-order valence-electron chi connectivity index (χ4n) is 3.59. The van der Waals surface area contributed by atoms with Gasteiger partial charge in [-0.1, -0.05) is 24.8 Å². The van der Waals surface area contributed by atoms with Crippen LogP contribution < -0.4 is 0 Å². The Hall–Kier alpha value is -0.840. The molecule has 3 nitrogen and oxygen atoms in total. The molecular formula is C18H27N3S. The highest BCUT2D eigenvalue weighted by molar-refractivity contribution is 8.14. The maximum Gasteiger partial charge on any atom is 0.0882 e. The van der Waals surface area contributed by atoms with Crippen molar-refractivity contribution in [3.05, 3.63) is 36.6 Å². The van der Waals surface area contributed by atoms with Gasteiger partial charge in [-0.05, 0) is 32.8 Å². The van der Waals surface area contributed by atoms with Crippen LogP contribution in [0, 0.1) is 0 Å². The van der Waals surface area contributed by atoms with Crippen molar-refractivity contribution in [3.8, 4) is 0 Å². The van der Waals surface area contributed by atoms with Gasteiger partial charge in [-0.15, -0.1) is 11.8 Å². The van der Waals surface area contributed by atoms with Crippen LogP contribution in [0.15, 0.2) is 41.6 Å². The Balaban J connectivity index is 1.70. The highest BCUT2D eigenvalue weighted by atomic mass is 32.2. The summed E-state index contributed by atoms with van der Waals surface area (Å²) in [5.74, 6) is 1.01.